The topological polar surface area (TPSA) is 52.7 Å². The molecule has 1 N–H and O–H groups in total. The molecule has 0 saturated carbocycles. The van der Waals surface area contributed by atoms with Crippen molar-refractivity contribution in [1.82, 2.24) is 4.90 Å². The number of piperidine rings is 1. The number of rotatable bonds is 5. The highest BCUT2D eigenvalue weighted by Crippen LogP contribution is 2.30. The number of carbonyl (C=O) groups is 2. The molecule has 2 fully saturated rings. The Kier molecular flexibility index (Phi) is 6.58. The van der Waals surface area contributed by atoms with E-state index >= 15 is 0 Å². The first kappa shape index (κ1) is 20.7. The fourth-order valence-electron chi connectivity index (χ4n) is 4.27. The van der Waals surface area contributed by atoms with Crippen molar-refractivity contribution in [3.63, 3.8) is 0 Å². The molecule has 5 nitrogen and oxygen atoms in total. The average Bonchev–Trinajstić information content (AvgIpc) is 3.34. The Balaban J connectivity index is 1.58. The van der Waals surface area contributed by atoms with Crippen LogP contribution in [0.5, 0.6) is 0 Å². The van der Waals surface area contributed by atoms with Gasteiger partial charge in [0.15, 0.2) is 0 Å². The van der Waals surface area contributed by atoms with Gasteiger partial charge in [0.2, 0.25) is 5.91 Å². The van der Waals surface area contributed by atoms with Crippen LogP contribution in [0.2, 0.25) is 0 Å². The van der Waals surface area contributed by atoms with Crippen LogP contribution in [0.4, 0.5) is 11.4 Å². The molecule has 6 heteroatoms. The maximum atomic E-state index is 13.3. The number of anilines is 2. The molecule has 2 aromatic rings. The molecule has 2 amide bonds. The van der Waals surface area contributed by atoms with E-state index in [0.717, 1.165) is 63.1 Å². The lowest BCUT2D eigenvalue weighted by molar-refractivity contribution is -0.116. The van der Waals surface area contributed by atoms with Gasteiger partial charge in [0.05, 0.1) is 5.56 Å². The van der Waals surface area contributed by atoms with Crippen LogP contribution in [0.15, 0.2) is 48.5 Å². The first-order valence-electron chi connectivity index (χ1n) is 10.8. The summed E-state index contributed by atoms with van der Waals surface area (Å²) in [4.78, 5) is 30.2. The Labute approximate surface area is 183 Å². The van der Waals surface area contributed by atoms with Gasteiger partial charge in [-0.25, -0.2) is 0 Å². The van der Waals surface area contributed by atoms with Gasteiger partial charge in [0.25, 0.3) is 5.91 Å². The number of likely N-dealkylation sites (tertiary alicyclic amines) is 1. The van der Waals surface area contributed by atoms with Gasteiger partial charge >= 0.3 is 0 Å². The monoisotopic (exact) mass is 425 g/mol. The minimum atomic E-state index is -0.786. The average molecular weight is 426 g/mol. The molecule has 0 bridgehead atoms. The van der Waals surface area contributed by atoms with Crippen LogP contribution in [0.1, 0.15) is 53.4 Å². The highest BCUT2D eigenvalue weighted by molar-refractivity contribution is 6.32. The van der Waals surface area contributed by atoms with Crippen LogP contribution >= 0.6 is 11.6 Å². The molecular weight excluding hydrogens is 398 g/mol. The van der Waals surface area contributed by atoms with Crippen molar-refractivity contribution in [3.05, 3.63) is 59.7 Å². The number of nitrogens with one attached hydrogen (secondary N) is 1. The van der Waals surface area contributed by atoms with Crippen molar-refractivity contribution in [2.75, 3.05) is 36.4 Å². The fourth-order valence-corrected chi connectivity index (χ4v) is 4.47. The van der Waals surface area contributed by atoms with Gasteiger partial charge < -0.3 is 15.1 Å². The molecule has 0 unspecified atom stereocenters. The summed E-state index contributed by atoms with van der Waals surface area (Å²) in [5.74, 6) is -0.247. The second-order valence-electron chi connectivity index (χ2n) is 8.04. The van der Waals surface area contributed by atoms with Gasteiger partial charge in [-0.1, -0.05) is 30.3 Å². The molecule has 0 radical (unpaired) electrons. The second kappa shape index (κ2) is 9.52. The van der Waals surface area contributed by atoms with Gasteiger partial charge in [0.1, 0.15) is 5.38 Å². The van der Waals surface area contributed by atoms with Crippen molar-refractivity contribution < 1.29 is 9.59 Å². The third-order valence-corrected chi connectivity index (χ3v) is 6.36. The third-order valence-electron chi connectivity index (χ3n) is 5.91. The molecule has 2 aliphatic heterocycles. The molecule has 30 heavy (non-hydrogen) atoms. The SMILES string of the molecule is O=C(Nc1ccc(N2CCCCC2)c(C(=O)N2CCCC2)c1)[C@@H](Cl)c1ccccc1. The van der Waals surface area contributed by atoms with E-state index < -0.39 is 5.38 Å². The second-order valence-corrected chi connectivity index (χ2v) is 8.48. The Bertz CT molecular complexity index is 891. The van der Waals surface area contributed by atoms with Crippen molar-refractivity contribution in [3.8, 4) is 0 Å². The molecule has 0 spiro atoms. The Hall–Kier alpha value is -2.53. The van der Waals surface area contributed by atoms with Crippen molar-refractivity contribution in [2.24, 2.45) is 0 Å². The summed E-state index contributed by atoms with van der Waals surface area (Å²) < 4.78 is 0. The zero-order valence-electron chi connectivity index (χ0n) is 17.1. The molecule has 2 aliphatic rings. The predicted octanol–water partition coefficient (Wildman–Crippen LogP) is 4.83. The van der Waals surface area contributed by atoms with E-state index in [1.165, 1.54) is 6.42 Å². The van der Waals surface area contributed by atoms with Gasteiger partial charge in [-0.3, -0.25) is 9.59 Å². The van der Waals surface area contributed by atoms with E-state index in [9.17, 15) is 9.59 Å². The summed E-state index contributed by atoms with van der Waals surface area (Å²) in [5.41, 5.74) is 2.98. The summed E-state index contributed by atoms with van der Waals surface area (Å²) in [6.07, 6.45) is 5.61. The Morgan fingerprint density at radius 2 is 1.53 bits per heavy atom. The molecule has 2 heterocycles. The summed E-state index contributed by atoms with van der Waals surface area (Å²) in [6, 6.07) is 14.9. The molecule has 0 aromatic heterocycles. The number of carbonyl (C=O) groups excluding carboxylic acids is 2. The van der Waals surface area contributed by atoms with E-state index in [-0.39, 0.29) is 11.8 Å². The molecule has 1 atom stereocenters. The van der Waals surface area contributed by atoms with Crippen LogP contribution in [-0.2, 0) is 4.79 Å². The largest absolute Gasteiger partial charge is 0.371 e. The summed E-state index contributed by atoms with van der Waals surface area (Å²) >= 11 is 6.37. The summed E-state index contributed by atoms with van der Waals surface area (Å²) in [7, 11) is 0. The minimum Gasteiger partial charge on any atom is -0.371 e. The fraction of sp³-hybridized carbons (Fsp3) is 0.417. The van der Waals surface area contributed by atoms with Gasteiger partial charge in [-0.2, -0.15) is 0 Å². The lowest BCUT2D eigenvalue weighted by Crippen LogP contribution is -2.34. The van der Waals surface area contributed by atoms with E-state index in [1.807, 2.05) is 53.4 Å². The number of alkyl halides is 1. The number of amides is 2. The molecule has 158 valence electrons. The number of benzene rings is 2. The lowest BCUT2D eigenvalue weighted by atomic mass is 10.0. The Morgan fingerprint density at radius 3 is 2.23 bits per heavy atom. The zero-order chi connectivity index (χ0) is 20.9. The van der Waals surface area contributed by atoms with Gasteiger partial charge in [-0.15, -0.1) is 11.6 Å². The standard InChI is InChI=1S/C24H28ClN3O2/c25-22(18-9-3-1-4-10-18)23(29)26-19-11-12-21(27-13-5-2-6-14-27)20(17-19)24(30)28-15-7-8-16-28/h1,3-4,9-12,17,22H,2,5-8,13-16H2,(H,26,29)/t22-/m0/s1. The van der Waals surface area contributed by atoms with E-state index in [2.05, 4.69) is 10.2 Å². The molecule has 4 rings (SSSR count). The van der Waals surface area contributed by atoms with Crippen LogP contribution in [-0.4, -0.2) is 42.9 Å². The predicted molar refractivity (Wildman–Crippen MR) is 121 cm³/mol. The van der Waals surface area contributed by atoms with Crippen molar-refractivity contribution in [1.29, 1.82) is 0 Å². The number of halogens is 1. The summed E-state index contributed by atoms with van der Waals surface area (Å²) in [5, 5.41) is 2.11. The van der Waals surface area contributed by atoms with Crippen molar-refractivity contribution >= 4 is 34.8 Å². The molecular formula is C24H28ClN3O2. The van der Waals surface area contributed by atoms with Gasteiger partial charge in [0, 0.05) is 37.6 Å². The minimum absolute atomic E-state index is 0.0506. The van der Waals surface area contributed by atoms with Crippen molar-refractivity contribution in [2.45, 2.75) is 37.5 Å². The van der Waals surface area contributed by atoms with E-state index in [4.69, 9.17) is 11.6 Å². The highest BCUT2D eigenvalue weighted by atomic mass is 35.5. The van der Waals surface area contributed by atoms with Crippen LogP contribution < -0.4 is 10.2 Å². The first-order chi connectivity index (χ1) is 14.6. The van der Waals surface area contributed by atoms with Gasteiger partial charge in [-0.05, 0) is 55.9 Å². The van der Waals surface area contributed by atoms with Crippen LogP contribution in [0.3, 0.4) is 0 Å². The van der Waals surface area contributed by atoms with E-state index in [0.29, 0.717) is 11.3 Å². The molecule has 2 saturated heterocycles. The lowest BCUT2D eigenvalue weighted by Gasteiger charge is -2.31. The number of nitrogens with zero attached hydrogens (tertiary/aromatic N) is 2. The van der Waals surface area contributed by atoms with E-state index in [1.54, 1.807) is 0 Å². The smallest absolute Gasteiger partial charge is 0.256 e. The third kappa shape index (κ3) is 4.62. The number of hydrogen-bond donors (Lipinski definition) is 1. The Morgan fingerprint density at radius 1 is 0.867 bits per heavy atom. The quantitative estimate of drug-likeness (QED) is 0.698. The van der Waals surface area contributed by atoms with Crippen LogP contribution in [0, 0.1) is 0 Å². The van der Waals surface area contributed by atoms with Crippen LogP contribution in [0.25, 0.3) is 0 Å². The first-order valence-corrected chi connectivity index (χ1v) is 11.3. The normalized spacial score (nSPS) is 17.6. The maximum Gasteiger partial charge on any atom is 0.256 e. The highest BCUT2D eigenvalue weighted by Gasteiger charge is 2.26. The zero-order valence-corrected chi connectivity index (χ0v) is 17.9. The molecule has 0 aliphatic carbocycles. The maximum absolute atomic E-state index is 13.3. The summed E-state index contributed by atoms with van der Waals surface area (Å²) in [6.45, 7) is 3.52. The molecule has 2 aromatic carbocycles. The number of hydrogen-bond acceptors (Lipinski definition) is 3.